The highest BCUT2D eigenvalue weighted by atomic mass is 35.5. The zero-order valence-electron chi connectivity index (χ0n) is 13.1. The van der Waals surface area contributed by atoms with Crippen LogP contribution in [0.3, 0.4) is 0 Å². The summed E-state index contributed by atoms with van der Waals surface area (Å²) in [6.45, 7) is 2.19. The van der Waals surface area contributed by atoms with E-state index in [9.17, 15) is 4.79 Å². The Morgan fingerprint density at radius 1 is 0.864 bits per heavy atom. The zero-order valence-corrected chi connectivity index (χ0v) is 13.9. The second-order valence-corrected chi connectivity index (χ2v) is 6.07. The average Bonchev–Trinajstić information content (AvgIpc) is 2.56. The summed E-state index contributed by atoms with van der Waals surface area (Å²) >= 11 is 6.14. The lowest BCUT2D eigenvalue weighted by Gasteiger charge is -2.31. The molecule has 0 fully saturated rings. The Morgan fingerprint density at radius 2 is 1.36 bits per heavy atom. The molecule has 0 aromatic heterocycles. The fourth-order valence-corrected chi connectivity index (χ4v) is 3.36. The molecule has 0 radical (unpaired) electrons. The molecule has 0 unspecified atom stereocenters. The fourth-order valence-electron chi connectivity index (χ4n) is 3.04. The highest BCUT2D eigenvalue weighted by Crippen LogP contribution is 2.39. The van der Waals surface area contributed by atoms with Crippen molar-refractivity contribution in [3.8, 4) is 0 Å². The third-order valence-corrected chi connectivity index (χ3v) is 4.60. The van der Waals surface area contributed by atoms with Crippen LogP contribution in [0.25, 0.3) is 0 Å². The van der Waals surface area contributed by atoms with Gasteiger partial charge in [0.1, 0.15) is 0 Å². The molecular formula is C20H23ClO. The van der Waals surface area contributed by atoms with Crippen LogP contribution >= 0.6 is 11.6 Å². The molecule has 2 rings (SSSR count). The number of rotatable bonds is 8. The lowest BCUT2D eigenvalue weighted by molar-refractivity contribution is -0.115. The molecule has 22 heavy (non-hydrogen) atoms. The molecule has 1 nitrogen and oxygen atoms in total. The highest BCUT2D eigenvalue weighted by molar-refractivity contribution is 6.66. The third kappa shape index (κ3) is 3.59. The van der Waals surface area contributed by atoms with Crippen LogP contribution in [0.5, 0.6) is 0 Å². The minimum absolute atomic E-state index is 0.290. The van der Waals surface area contributed by atoms with Gasteiger partial charge in [0.05, 0.1) is 5.41 Å². The van der Waals surface area contributed by atoms with Gasteiger partial charge in [0, 0.05) is 0 Å². The normalized spacial score (nSPS) is 11.4. The Kier molecular flexibility index (Phi) is 6.21. The topological polar surface area (TPSA) is 17.1 Å². The summed E-state index contributed by atoms with van der Waals surface area (Å²) in [4.78, 5) is 12.5. The molecule has 0 aliphatic carbocycles. The maximum absolute atomic E-state index is 12.5. The van der Waals surface area contributed by atoms with Crippen molar-refractivity contribution >= 4 is 16.8 Å². The Bertz CT molecular complexity index is 538. The monoisotopic (exact) mass is 314 g/mol. The van der Waals surface area contributed by atoms with Crippen molar-refractivity contribution in [2.45, 2.75) is 44.4 Å². The quantitative estimate of drug-likeness (QED) is 0.450. The molecule has 0 aliphatic rings. The Balaban J connectivity index is 2.44. The molecule has 0 N–H and O–H groups in total. The summed E-state index contributed by atoms with van der Waals surface area (Å²) < 4.78 is 0. The van der Waals surface area contributed by atoms with Crippen molar-refractivity contribution in [2.24, 2.45) is 0 Å². The molecule has 0 spiro atoms. The summed E-state index contributed by atoms with van der Waals surface area (Å²) in [7, 11) is 0. The van der Waals surface area contributed by atoms with Gasteiger partial charge in [0.15, 0.2) is 0 Å². The molecule has 0 saturated carbocycles. The first-order valence-electron chi connectivity index (χ1n) is 8.03. The number of hydrogen-bond donors (Lipinski definition) is 0. The van der Waals surface area contributed by atoms with Crippen LogP contribution in [-0.4, -0.2) is 5.24 Å². The minimum Gasteiger partial charge on any atom is -0.280 e. The summed E-state index contributed by atoms with van der Waals surface area (Å²) in [6.07, 6.45) is 5.25. The predicted molar refractivity (Wildman–Crippen MR) is 93.3 cm³/mol. The van der Waals surface area contributed by atoms with Gasteiger partial charge < -0.3 is 0 Å². The number of carbonyl (C=O) groups is 1. The van der Waals surface area contributed by atoms with Gasteiger partial charge in [-0.1, -0.05) is 93.3 Å². The van der Waals surface area contributed by atoms with Crippen molar-refractivity contribution in [2.75, 3.05) is 0 Å². The van der Waals surface area contributed by atoms with Gasteiger partial charge in [-0.15, -0.1) is 0 Å². The minimum atomic E-state index is -0.738. The Hall–Kier alpha value is -1.60. The van der Waals surface area contributed by atoms with E-state index in [1.807, 2.05) is 60.7 Å². The second-order valence-electron chi connectivity index (χ2n) is 5.72. The van der Waals surface area contributed by atoms with Gasteiger partial charge in [0.2, 0.25) is 5.24 Å². The van der Waals surface area contributed by atoms with Crippen molar-refractivity contribution in [1.29, 1.82) is 0 Å². The largest absolute Gasteiger partial charge is 0.280 e. The molecule has 0 saturated heterocycles. The van der Waals surface area contributed by atoms with Crippen LogP contribution in [-0.2, 0) is 10.2 Å². The van der Waals surface area contributed by atoms with E-state index in [2.05, 4.69) is 6.92 Å². The van der Waals surface area contributed by atoms with Crippen molar-refractivity contribution in [3.63, 3.8) is 0 Å². The van der Waals surface area contributed by atoms with Gasteiger partial charge in [-0.25, -0.2) is 0 Å². The smallest absolute Gasteiger partial charge is 0.236 e. The van der Waals surface area contributed by atoms with Crippen LogP contribution in [0, 0.1) is 0 Å². The summed E-state index contributed by atoms with van der Waals surface area (Å²) in [5, 5.41) is -0.290. The maximum atomic E-state index is 12.5. The lowest BCUT2D eigenvalue weighted by atomic mass is 9.72. The number of halogens is 1. The molecule has 2 heteroatoms. The van der Waals surface area contributed by atoms with Crippen LogP contribution in [0.4, 0.5) is 0 Å². The summed E-state index contributed by atoms with van der Waals surface area (Å²) in [5.74, 6) is 0. The molecule has 116 valence electrons. The van der Waals surface area contributed by atoms with E-state index in [1.54, 1.807) is 0 Å². The molecule has 0 bridgehead atoms. The van der Waals surface area contributed by atoms with Gasteiger partial charge in [-0.2, -0.15) is 0 Å². The zero-order chi connectivity index (χ0) is 15.8. The maximum Gasteiger partial charge on any atom is 0.236 e. The molecule has 0 aliphatic heterocycles. The van der Waals surface area contributed by atoms with Gasteiger partial charge in [-0.05, 0) is 29.1 Å². The number of carbonyl (C=O) groups excluding carboxylic acids is 1. The second kappa shape index (κ2) is 8.14. The van der Waals surface area contributed by atoms with Crippen LogP contribution in [0.2, 0.25) is 0 Å². The van der Waals surface area contributed by atoms with E-state index in [1.165, 1.54) is 12.8 Å². The molecule has 2 aromatic carbocycles. The molecule has 0 atom stereocenters. The van der Waals surface area contributed by atoms with Crippen LogP contribution in [0.15, 0.2) is 60.7 Å². The van der Waals surface area contributed by atoms with E-state index in [-0.39, 0.29) is 5.24 Å². The van der Waals surface area contributed by atoms with Gasteiger partial charge in [0.25, 0.3) is 0 Å². The molecule has 0 amide bonds. The SMILES string of the molecule is CCCCCCC(C(=O)Cl)(c1ccccc1)c1ccccc1. The molecular weight excluding hydrogens is 292 g/mol. The van der Waals surface area contributed by atoms with E-state index in [4.69, 9.17) is 11.6 Å². The summed E-state index contributed by atoms with van der Waals surface area (Å²) in [5.41, 5.74) is 1.23. The fraction of sp³-hybridized carbons (Fsp3) is 0.350. The summed E-state index contributed by atoms with van der Waals surface area (Å²) in [6, 6.07) is 19.8. The number of benzene rings is 2. The first-order valence-corrected chi connectivity index (χ1v) is 8.40. The van der Waals surface area contributed by atoms with Gasteiger partial charge >= 0.3 is 0 Å². The first kappa shape index (κ1) is 16.8. The van der Waals surface area contributed by atoms with Crippen molar-refractivity contribution in [1.82, 2.24) is 0 Å². The lowest BCUT2D eigenvalue weighted by Crippen LogP contribution is -2.34. The van der Waals surface area contributed by atoms with E-state index >= 15 is 0 Å². The van der Waals surface area contributed by atoms with Crippen molar-refractivity contribution in [3.05, 3.63) is 71.8 Å². The third-order valence-electron chi connectivity index (χ3n) is 4.27. The van der Waals surface area contributed by atoms with E-state index in [0.717, 1.165) is 30.4 Å². The first-order chi connectivity index (χ1) is 10.7. The van der Waals surface area contributed by atoms with Crippen LogP contribution in [0.1, 0.15) is 50.2 Å². The van der Waals surface area contributed by atoms with Gasteiger partial charge in [-0.3, -0.25) is 4.79 Å². The van der Waals surface area contributed by atoms with E-state index in [0.29, 0.717) is 0 Å². The predicted octanol–water partition coefficient (Wildman–Crippen LogP) is 5.71. The van der Waals surface area contributed by atoms with Crippen LogP contribution < -0.4 is 0 Å². The standard InChI is InChI=1S/C20H23ClO/c1-2-3-4-11-16-20(19(21)22,17-12-7-5-8-13-17)18-14-9-6-10-15-18/h5-10,12-15H,2-4,11,16H2,1H3. The average molecular weight is 315 g/mol. The number of hydrogen-bond acceptors (Lipinski definition) is 1. The molecule has 2 aromatic rings. The number of unbranched alkanes of at least 4 members (excludes halogenated alkanes) is 3. The Labute approximate surface area is 138 Å². The molecule has 0 heterocycles. The Morgan fingerprint density at radius 3 is 1.77 bits per heavy atom. The van der Waals surface area contributed by atoms with E-state index < -0.39 is 5.41 Å². The highest BCUT2D eigenvalue weighted by Gasteiger charge is 2.40. The van der Waals surface area contributed by atoms with Crippen molar-refractivity contribution < 1.29 is 4.79 Å².